The average Bonchev–Trinajstić information content (AvgIpc) is 2.25. The van der Waals surface area contributed by atoms with Gasteiger partial charge in [0.1, 0.15) is 0 Å². The largest absolute Gasteiger partial charge is 0.355 e. The summed E-state index contributed by atoms with van der Waals surface area (Å²) < 4.78 is 1.52. The number of pyridine rings is 1. The van der Waals surface area contributed by atoms with Gasteiger partial charge in [0.25, 0.3) is 5.56 Å². The second-order valence-corrected chi connectivity index (χ2v) is 3.62. The molecule has 0 saturated carbocycles. The zero-order valence-corrected chi connectivity index (χ0v) is 9.40. The van der Waals surface area contributed by atoms with Crippen LogP contribution in [0.5, 0.6) is 0 Å². The predicted molar refractivity (Wildman–Crippen MR) is 62.1 cm³/mol. The minimum absolute atomic E-state index is 0.0772. The van der Waals surface area contributed by atoms with E-state index in [4.69, 9.17) is 5.73 Å². The summed E-state index contributed by atoms with van der Waals surface area (Å²) in [6, 6.07) is 3.40. The molecule has 0 spiro atoms. The van der Waals surface area contributed by atoms with Gasteiger partial charge in [0.2, 0.25) is 5.91 Å². The molecule has 1 aromatic rings. The quantitative estimate of drug-likeness (QED) is 0.714. The molecule has 1 amide bonds. The Morgan fingerprint density at radius 1 is 1.56 bits per heavy atom. The van der Waals surface area contributed by atoms with Crippen LogP contribution >= 0.6 is 0 Å². The van der Waals surface area contributed by atoms with Crippen LogP contribution in [0.3, 0.4) is 0 Å². The fourth-order valence-corrected chi connectivity index (χ4v) is 1.31. The first-order valence-corrected chi connectivity index (χ1v) is 5.27. The average molecular weight is 223 g/mol. The van der Waals surface area contributed by atoms with E-state index >= 15 is 0 Å². The number of carbonyl (C=O) groups is 1. The summed E-state index contributed by atoms with van der Waals surface area (Å²) in [5, 5.41) is 2.65. The standard InChI is InChI=1S/C11H17N3O2/c1-9-2-6-14(11(16)8-9)7-3-10(15)13-5-4-12/h2,6,8H,3-5,7,12H2,1H3,(H,13,15). The number of amides is 1. The minimum atomic E-state index is -0.0853. The number of rotatable bonds is 5. The van der Waals surface area contributed by atoms with E-state index in [1.807, 2.05) is 13.0 Å². The lowest BCUT2D eigenvalue weighted by atomic mass is 10.3. The van der Waals surface area contributed by atoms with Gasteiger partial charge in [0.15, 0.2) is 0 Å². The maximum Gasteiger partial charge on any atom is 0.250 e. The van der Waals surface area contributed by atoms with E-state index in [2.05, 4.69) is 5.32 Å². The zero-order valence-electron chi connectivity index (χ0n) is 9.40. The molecule has 5 nitrogen and oxygen atoms in total. The second-order valence-electron chi connectivity index (χ2n) is 3.62. The van der Waals surface area contributed by atoms with Crippen molar-refractivity contribution < 1.29 is 4.79 Å². The summed E-state index contributed by atoms with van der Waals surface area (Å²) >= 11 is 0. The van der Waals surface area contributed by atoms with Gasteiger partial charge >= 0.3 is 0 Å². The molecule has 0 aliphatic rings. The number of nitrogens with one attached hydrogen (secondary N) is 1. The monoisotopic (exact) mass is 223 g/mol. The van der Waals surface area contributed by atoms with Crippen LogP contribution in [0.15, 0.2) is 23.1 Å². The molecular formula is C11H17N3O2. The third-order valence-corrected chi connectivity index (χ3v) is 2.20. The van der Waals surface area contributed by atoms with E-state index < -0.39 is 0 Å². The van der Waals surface area contributed by atoms with Crippen molar-refractivity contribution in [2.75, 3.05) is 13.1 Å². The highest BCUT2D eigenvalue weighted by atomic mass is 16.1. The van der Waals surface area contributed by atoms with Crippen molar-refractivity contribution in [2.24, 2.45) is 5.73 Å². The Kier molecular flexibility index (Phi) is 4.72. The van der Waals surface area contributed by atoms with Gasteiger partial charge in [-0.25, -0.2) is 0 Å². The molecule has 0 radical (unpaired) electrons. The summed E-state index contributed by atoms with van der Waals surface area (Å²) in [5.74, 6) is -0.0853. The van der Waals surface area contributed by atoms with Gasteiger partial charge in [-0.05, 0) is 18.6 Å². The molecule has 1 heterocycles. The molecule has 0 saturated heterocycles. The van der Waals surface area contributed by atoms with Gasteiger partial charge in [0.05, 0.1) is 0 Å². The van der Waals surface area contributed by atoms with Gasteiger partial charge in [-0.15, -0.1) is 0 Å². The number of nitrogens with zero attached hydrogens (tertiary/aromatic N) is 1. The molecule has 3 N–H and O–H groups in total. The van der Waals surface area contributed by atoms with Crippen LogP contribution in [0.25, 0.3) is 0 Å². The summed E-state index contributed by atoms with van der Waals surface area (Å²) in [7, 11) is 0. The van der Waals surface area contributed by atoms with Gasteiger partial charge < -0.3 is 15.6 Å². The molecule has 16 heavy (non-hydrogen) atoms. The lowest BCUT2D eigenvalue weighted by Gasteiger charge is -2.06. The maximum absolute atomic E-state index is 11.5. The van der Waals surface area contributed by atoms with E-state index in [1.54, 1.807) is 12.3 Å². The second kappa shape index (κ2) is 6.07. The first-order valence-electron chi connectivity index (χ1n) is 5.27. The van der Waals surface area contributed by atoms with E-state index in [0.717, 1.165) is 5.56 Å². The number of hydrogen-bond donors (Lipinski definition) is 2. The van der Waals surface area contributed by atoms with Crippen LogP contribution in [0.4, 0.5) is 0 Å². The van der Waals surface area contributed by atoms with Crippen molar-refractivity contribution in [2.45, 2.75) is 19.9 Å². The van der Waals surface area contributed by atoms with Crippen LogP contribution in [0.1, 0.15) is 12.0 Å². The lowest BCUT2D eigenvalue weighted by Crippen LogP contribution is -2.30. The third kappa shape index (κ3) is 3.86. The normalized spacial score (nSPS) is 10.1. The van der Waals surface area contributed by atoms with Gasteiger partial charge in [-0.3, -0.25) is 9.59 Å². The fourth-order valence-electron chi connectivity index (χ4n) is 1.31. The molecule has 0 aliphatic carbocycles. The van der Waals surface area contributed by atoms with E-state index in [-0.39, 0.29) is 11.5 Å². The smallest absolute Gasteiger partial charge is 0.250 e. The molecule has 0 atom stereocenters. The van der Waals surface area contributed by atoms with Crippen molar-refractivity contribution in [3.8, 4) is 0 Å². The van der Waals surface area contributed by atoms with Crippen molar-refractivity contribution in [1.29, 1.82) is 0 Å². The molecule has 0 unspecified atom stereocenters. The summed E-state index contributed by atoms with van der Waals surface area (Å²) in [6.07, 6.45) is 2.00. The molecule has 5 heteroatoms. The van der Waals surface area contributed by atoms with Crippen molar-refractivity contribution in [1.82, 2.24) is 9.88 Å². The topological polar surface area (TPSA) is 77.1 Å². The molecule has 88 valence electrons. The van der Waals surface area contributed by atoms with Gasteiger partial charge in [-0.2, -0.15) is 0 Å². The number of aryl methyl sites for hydroxylation is 2. The minimum Gasteiger partial charge on any atom is -0.355 e. The molecule has 0 aliphatic heterocycles. The highest BCUT2D eigenvalue weighted by Crippen LogP contribution is 1.92. The Morgan fingerprint density at radius 3 is 2.94 bits per heavy atom. The first kappa shape index (κ1) is 12.4. The third-order valence-electron chi connectivity index (χ3n) is 2.20. The Balaban J connectivity index is 2.48. The molecule has 1 aromatic heterocycles. The molecule has 0 bridgehead atoms. The van der Waals surface area contributed by atoms with Crippen molar-refractivity contribution in [3.63, 3.8) is 0 Å². The summed E-state index contributed by atoms with van der Waals surface area (Å²) in [6.45, 7) is 3.16. The van der Waals surface area contributed by atoms with Crippen LogP contribution in [0.2, 0.25) is 0 Å². The summed E-state index contributed by atoms with van der Waals surface area (Å²) in [5.41, 5.74) is 6.10. The van der Waals surface area contributed by atoms with Gasteiger partial charge in [-0.1, -0.05) is 0 Å². The maximum atomic E-state index is 11.5. The van der Waals surface area contributed by atoms with E-state index in [9.17, 15) is 9.59 Å². The first-order chi connectivity index (χ1) is 7.63. The Labute approximate surface area is 94.3 Å². The van der Waals surface area contributed by atoms with Crippen LogP contribution in [-0.2, 0) is 11.3 Å². The fraction of sp³-hybridized carbons (Fsp3) is 0.455. The van der Waals surface area contributed by atoms with Crippen LogP contribution in [-0.4, -0.2) is 23.6 Å². The number of carbonyl (C=O) groups excluding carboxylic acids is 1. The molecular weight excluding hydrogens is 206 g/mol. The van der Waals surface area contributed by atoms with E-state index in [0.29, 0.717) is 26.1 Å². The molecule has 1 rings (SSSR count). The predicted octanol–water partition coefficient (Wildman–Crippen LogP) is -0.378. The highest BCUT2D eigenvalue weighted by molar-refractivity contribution is 5.75. The SMILES string of the molecule is Cc1ccn(CCC(=O)NCCN)c(=O)c1. The van der Waals surface area contributed by atoms with Crippen LogP contribution < -0.4 is 16.6 Å². The highest BCUT2D eigenvalue weighted by Gasteiger charge is 2.01. The van der Waals surface area contributed by atoms with E-state index in [1.165, 1.54) is 4.57 Å². The molecule has 0 aromatic carbocycles. The lowest BCUT2D eigenvalue weighted by molar-refractivity contribution is -0.121. The van der Waals surface area contributed by atoms with Crippen LogP contribution in [0, 0.1) is 6.92 Å². The number of nitrogens with two attached hydrogens (primary N) is 1. The number of hydrogen-bond acceptors (Lipinski definition) is 3. The van der Waals surface area contributed by atoms with Crippen molar-refractivity contribution >= 4 is 5.91 Å². The summed E-state index contributed by atoms with van der Waals surface area (Å²) in [4.78, 5) is 22.7. The Hall–Kier alpha value is -1.62. The number of aromatic nitrogens is 1. The zero-order chi connectivity index (χ0) is 12.0. The Bertz CT molecular complexity index is 412. The van der Waals surface area contributed by atoms with Gasteiger partial charge in [0, 0.05) is 38.3 Å². The van der Waals surface area contributed by atoms with Crippen molar-refractivity contribution in [3.05, 3.63) is 34.2 Å². The molecule has 0 fully saturated rings. The Morgan fingerprint density at radius 2 is 2.31 bits per heavy atom.